The van der Waals surface area contributed by atoms with Crippen LogP contribution in [0.3, 0.4) is 0 Å². The molecule has 0 aliphatic carbocycles. The van der Waals surface area contributed by atoms with Crippen LogP contribution in [-0.4, -0.2) is 28.5 Å². The van der Waals surface area contributed by atoms with E-state index in [1.54, 1.807) is 6.08 Å². The van der Waals surface area contributed by atoms with Gasteiger partial charge in [0.25, 0.3) is 11.1 Å². The number of imide groups is 1. The van der Waals surface area contributed by atoms with Crippen molar-refractivity contribution in [1.82, 2.24) is 4.90 Å². The van der Waals surface area contributed by atoms with Gasteiger partial charge in [-0.05, 0) is 111 Å². The van der Waals surface area contributed by atoms with Gasteiger partial charge in [-0.3, -0.25) is 19.3 Å². The molecule has 0 aromatic heterocycles. The van der Waals surface area contributed by atoms with E-state index in [0.29, 0.717) is 12.3 Å². The Hall–Kier alpha value is -2.45. The van der Waals surface area contributed by atoms with Crippen LogP contribution in [0.15, 0.2) is 71.6 Å². The third kappa shape index (κ3) is 6.61. The number of thioether (sulfide) groups is 1. The molecule has 4 rings (SSSR count). The fourth-order valence-corrected chi connectivity index (χ4v) is 6.16. The molecule has 0 bridgehead atoms. The van der Waals surface area contributed by atoms with Crippen molar-refractivity contribution in [2.24, 2.45) is 0 Å². The van der Waals surface area contributed by atoms with Gasteiger partial charge in [0.2, 0.25) is 5.91 Å². The highest BCUT2D eigenvalue weighted by molar-refractivity contribution is 14.1. The second kappa shape index (κ2) is 11.5. The smallest absolute Gasteiger partial charge is 0.294 e. The number of benzene rings is 3. The molecule has 1 fully saturated rings. The van der Waals surface area contributed by atoms with E-state index in [9.17, 15) is 18.8 Å². The van der Waals surface area contributed by atoms with Crippen molar-refractivity contribution in [3.63, 3.8) is 0 Å². The number of anilines is 1. The van der Waals surface area contributed by atoms with Gasteiger partial charge in [-0.15, -0.1) is 0 Å². The van der Waals surface area contributed by atoms with Crippen LogP contribution in [0.5, 0.6) is 5.75 Å². The monoisotopic (exact) mass is 714 g/mol. The lowest BCUT2D eigenvalue weighted by atomic mass is 10.2. The van der Waals surface area contributed by atoms with Crippen molar-refractivity contribution in [2.45, 2.75) is 6.61 Å². The maximum absolute atomic E-state index is 13.0. The minimum atomic E-state index is -0.552. The van der Waals surface area contributed by atoms with E-state index >= 15 is 0 Å². The number of hydrogen-bond donors (Lipinski definition) is 1. The molecule has 0 saturated carbocycles. The van der Waals surface area contributed by atoms with Crippen LogP contribution in [0.2, 0.25) is 0 Å². The highest BCUT2D eigenvalue weighted by Gasteiger charge is 2.36. The Labute approximate surface area is 232 Å². The predicted molar refractivity (Wildman–Crippen MR) is 150 cm³/mol. The molecule has 1 saturated heterocycles. The van der Waals surface area contributed by atoms with E-state index in [1.807, 2.05) is 42.5 Å². The van der Waals surface area contributed by atoms with Crippen molar-refractivity contribution in [2.75, 3.05) is 11.9 Å². The van der Waals surface area contributed by atoms with Crippen LogP contribution in [0.4, 0.5) is 14.9 Å². The number of ether oxygens (including phenoxy) is 1. The molecule has 0 atom stereocenters. The summed E-state index contributed by atoms with van der Waals surface area (Å²) in [5.41, 5.74) is 2.17. The predicted octanol–water partition coefficient (Wildman–Crippen LogP) is 6.29. The summed E-state index contributed by atoms with van der Waals surface area (Å²) in [5, 5.41) is 2.02. The Morgan fingerprint density at radius 2 is 1.69 bits per heavy atom. The number of nitrogens with one attached hydrogen (secondary N) is 1. The number of carbonyl (C=O) groups is 3. The maximum Gasteiger partial charge on any atom is 0.294 e. The van der Waals surface area contributed by atoms with Crippen molar-refractivity contribution in [1.29, 1.82) is 0 Å². The first-order chi connectivity index (χ1) is 16.8. The number of amides is 3. The molecule has 1 N–H and O–H groups in total. The van der Waals surface area contributed by atoms with Gasteiger partial charge in [0.05, 0.1) is 12.0 Å². The molecule has 0 radical (unpaired) electrons. The molecule has 0 unspecified atom stereocenters. The molecule has 35 heavy (non-hydrogen) atoms. The molecule has 10 heteroatoms. The first kappa shape index (κ1) is 25.6. The van der Waals surface area contributed by atoms with E-state index in [2.05, 4.69) is 50.5 Å². The molecule has 1 aliphatic rings. The summed E-state index contributed by atoms with van der Waals surface area (Å²) in [7, 11) is 0. The number of carbonyl (C=O) groups excluding carboxylic acids is 3. The highest BCUT2D eigenvalue weighted by atomic mass is 127. The van der Waals surface area contributed by atoms with Gasteiger partial charge in [0.1, 0.15) is 24.7 Å². The average molecular weight is 714 g/mol. The van der Waals surface area contributed by atoms with Gasteiger partial charge in [0, 0.05) is 5.69 Å². The fourth-order valence-electron chi connectivity index (χ4n) is 3.20. The van der Waals surface area contributed by atoms with Crippen molar-refractivity contribution in [3.8, 4) is 5.75 Å². The Balaban J connectivity index is 1.43. The van der Waals surface area contributed by atoms with Gasteiger partial charge >= 0.3 is 0 Å². The normalized spacial score (nSPS) is 14.5. The summed E-state index contributed by atoms with van der Waals surface area (Å²) in [6.07, 6.45) is 1.63. The topological polar surface area (TPSA) is 75.7 Å². The molecule has 178 valence electrons. The molecule has 3 aromatic rings. The Bertz CT molecular complexity index is 1290. The first-order valence-corrected chi connectivity index (χ1v) is 13.2. The molecule has 3 amide bonds. The zero-order chi connectivity index (χ0) is 24.9. The van der Waals surface area contributed by atoms with Crippen LogP contribution in [-0.2, 0) is 16.2 Å². The van der Waals surface area contributed by atoms with E-state index in [-0.39, 0.29) is 4.91 Å². The quantitative estimate of drug-likeness (QED) is 0.230. The molecular weight excluding hydrogens is 697 g/mol. The van der Waals surface area contributed by atoms with E-state index in [1.165, 1.54) is 24.3 Å². The SMILES string of the molecule is O=C(CN1C(=O)S/C(=C\c2cc(I)c(OCc3ccccc3)c(I)c2)C1=O)Nc1ccc(F)cc1. The summed E-state index contributed by atoms with van der Waals surface area (Å²) < 4.78 is 20.8. The van der Waals surface area contributed by atoms with E-state index in [0.717, 1.165) is 40.7 Å². The van der Waals surface area contributed by atoms with Crippen LogP contribution in [0.25, 0.3) is 6.08 Å². The molecule has 0 spiro atoms. The van der Waals surface area contributed by atoms with Crippen LogP contribution >= 0.6 is 56.9 Å². The zero-order valence-electron chi connectivity index (χ0n) is 18.0. The fraction of sp³-hybridized carbons (Fsp3) is 0.0800. The van der Waals surface area contributed by atoms with Crippen molar-refractivity contribution < 1.29 is 23.5 Å². The molecule has 1 aliphatic heterocycles. The minimum absolute atomic E-state index is 0.231. The maximum atomic E-state index is 13.0. The van der Waals surface area contributed by atoms with Gasteiger partial charge in [0.15, 0.2) is 0 Å². The van der Waals surface area contributed by atoms with Crippen molar-refractivity contribution >= 4 is 85.8 Å². The minimum Gasteiger partial charge on any atom is -0.487 e. The summed E-state index contributed by atoms with van der Waals surface area (Å²) >= 11 is 5.14. The van der Waals surface area contributed by atoms with Gasteiger partial charge in [-0.1, -0.05) is 30.3 Å². The Morgan fingerprint density at radius 3 is 2.34 bits per heavy atom. The average Bonchev–Trinajstić information content (AvgIpc) is 3.08. The Kier molecular flexibility index (Phi) is 8.44. The third-order valence-electron chi connectivity index (χ3n) is 4.85. The summed E-state index contributed by atoms with van der Waals surface area (Å²) in [6.45, 7) is 0.00573. The first-order valence-electron chi connectivity index (χ1n) is 10.3. The second-order valence-corrected chi connectivity index (χ2v) is 10.7. The summed E-state index contributed by atoms with van der Waals surface area (Å²) in [6, 6.07) is 18.8. The van der Waals surface area contributed by atoms with Gasteiger partial charge < -0.3 is 10.1 Å². The van der Waals surface area contributed by atoms with Crippen LogP contribution < -0.4 is 10.1 Å². The van der Waals surface area contributed by atoms with Gasteiger partial charge in [-0.2, -0.15) is 0 Å². The summed E-state index contributed by atoms with van der Waals surface area (Å²) in [5.74, 6) is -0.773. The lowest BCUT2D eigenvalue weighted by Crippen LogP contribution is -2.36. The second-order valence-electron chi connectivity index (χ2n) is 7.41. The zero-order valence-corrected chi connectivity index (χ0v) is 23.1. The van der Waals surface area contributed by atoms with Gasteiger partial charge in [-0.25, -0.2) is 4.39 Å². The van der Waals surface area contributed by atoms with Crippen molar-refractivity contribution in [3.05, 3.63) is 95.7 Å². The van der Waals surface area contributed by atoms with E-state index in [4.69, 9.17) is 4.74 Å². The Morgan fingerprint density at radius 1 is 1.03 bits per heavy atom. The van der Waals surface area contributed by atoms with Crippen LogP contribution in [0.1, 0.15) is 11.1 Å². The lowest BCUT2D eigenvalue weighted by molar-refractivity contribution is -0.127. The number of halogens is 3. The standard InChI is InChI=1S/C25H17FI2N2O4S/c26-17-6-8-18(9-7-17)29-22(31)13-30-24(32)21(35-25(30)33)12-16-10-19(27)23(20(28)11-16)34-14-15-4-2-1-3-5-15/h1-12H,13-14H2,(H,29,31)/b21-12-. The molecule has 3 aromatic carbocycles. The third-order valence-corrected chi connectivity index (χ3v) is 7.36. The lowest BCUT2D eigenvalue weighted by Gasteiger charge is -2.13. The largest absolute Gasteiger partial charge is 0.487 e. The number of rotatable bonds is 7. The number of hydrogen-bond acceptors (Lipinski definition) is 5. The van der Waals surface area contributed by atoms with E-state index < -0.39 is 29.4 Å². The number of nitrogens with zero attached hydrogens (tertiary/aromatic N) is 1. The molecular formula is C25H17FI2N2O4S. The molecule has 1 heterocycles. The summed E-state index contributed by atoms with van der Waals surface area (Å²) in [4.78, 5) is 38.6. The van der Waals surface area contributed by atoms with Crippen LogP contribution in [0, 0.1) is 13.0 Å². The molecule has 6 nitrogen and oxygen atoms in total. The highest BCUT2D eigenvalue weighted by Crippen LogP contribution is 2.35.